The minimum atomic E-state index is 0.849. The number of anilines is 3. The molecule has 0 atom stereocenters. The Balaban J connectivity index is 1.03. The highest BCUT2D eigenvalue weighted by Crippen LogP contribution is 2.47. The molecule has 290 valence electrons. The monoisotopic (exact) mass is 789 g/mol. The lowest BCUT2D eigenvalue weighted by atomic mass is 9.90. The van der Waals surface area contributed by atoms with E-state index in [-0.39, 0.29) is 0 Å². The average molecular weight is 790 g/mol. The fourth-order valence-electron chi connectivity index (χ4n) is 9.54. The standard InChI is InChI=1S/C60H39NO/c1-3-15-40(16-4-1)41-29-33-46(34-30-41)61(57-28-14-27-55-58-50-23-10-8-20-45(50)39-56(60(58)62-59(55)57)43-17-5-2-6-18-43)47-35-31-44(32-36-47)49-37-38-54(53-25-12-11-24-51(49)53)52-26-13-21-42-19-7-9-22-48(42)52/h1-39H. The van der Waals surface area contributed by atoms with Crippen molar-refractivity contribution in [3.63, 3.8) is 0 Å². The van der Waals surface area contributed by atoms with E-state index in [2.05, 4.69) is 241 Å². The number of para-hydroxylation sites is 1. The predicted octanol–water partition coefficient (Wildman–Crippen LogP) is 17.2. The van der Waals surface area contributed by atoms with Gasteiger partial charge >= 0.3 is 0 Å². The molecule has 1 aromatic heterocycles. The van der Waals surface area contributed by atoms with Gasteiger partial charge in [0.15, 0.2) is 5.58 Å². The van der Waals surface area contributed by atoms with E-state index < -0.39 is 0 Å². The summed E-state index contributed by atoms with van der Waals surface area (Å²) >= 11 is 0. The van der Waals surface area contributed by atoms with Crippen LogP contribution in [0.2, 0.25) is 0 Å². The zero-order chi connectivity index (χ0) is 41.0. The molecule has 1 heterocycles. The lowest BCUT2D eigenvalue weighted by Crippen LogP contribution is -2.10. The van der Waals surface area contributed by atoms with Gasteiger partial charge in [-0.3, -0.25) is 0 Å². The van der Waals surface area contributed by atoms with Crippen molar-refractivity contribution >= 4 is 71.3 Å². The lowest BCUT2D eigenvalue weighted by Gasteiger charge is -2.26. The second kappa shape index (κ2) is 14.8. The maximum atomic E-state index is 7.17. The van der Waals surface area contributed by atoms with E-state index in [1.165, 1.54) is 60.1 Å². The Morgan fingerprint density at radius 1 is 0.274 bits per heavy atom. The summed E-state index contributed by atoms with van der Waals surface area (Å²) < 4.78 is 7.17. The first-order valence-corrected chi connectivity index (χ1v) is 21.3. The SMILES string of the molecule is c1ccc(-c2ccc(N(c3ccc(-c4ccc(-c5cccc6ccccc56)c5ccccc45)cc3)c3cccc4c3oc3c(-c5ccccc5)cc5ccccc5c34)cc2)cc1. The first kappa shape index (κ1) is 35.7. The summed E-state index contributed by atoms with van der Waals surface area (Å²) in [5, 5.41) is 9.57. The third-order valence-corrected chi connectivity index (χ3v) is 12.5. The van der Waals surface area contributed by atoms with Crippen LogP contribution in [-0.2, 0) is 0 Å². The van der Waals surface area contributed by atoms with Crippen LogP contribution >= 0.6 is 0 Å². The summed E-state index contributed by atoms with van der Waals surface area (Å²) in [6.45, 7) is 0. The van der Waals surface area contributed by atoms with E-state index in [1.807, 2.05) is 0 Å². The van der Waals surface area contributed by atoms with Gasteiger partial charge in [-0.25, -0.2) is 0 Å². The van der Waals surface area contributed by atoms with Crippen LogP contribution in [0.3, 0.4) is 0 Å². The van der Waals surface area contributed by atoms with Crippen molar-refractivity contribution in [1.29, 1.82) is 0 Å². The maximum absolute atomic E-state index is 7.17. The van der Waals surface area contributed by atoms with Crippen LogP contribution < -0.4 is 4.90 Å². The first-order chi connectivity index (χ1) is 30.8. The summed E-state index contributed by atoms with van der Waals surface area (Å²) in [4.78, 5) is 2.34. The van der Waals surface area contributed by atoms with E-state index >= 15 is 0 Å². The second-order valence-corrected chi connectivity index (χ2v) is 16.0. The van der Waals surface area contributed by atoms with E-state index in [4.69, 9.17) is 4.42 Å². The fourth-order valence-corrected chi connectivity index (χ4v) is 9.54. The van der Waals surface area contributed by atoms with E-state index in [0.29, 0.717) is 0 Å². The van der Waals surface area contributed by atoms with Crippen molar-refractivity contribution in [2.75, 3.05) is 4.90 Å². The van der Waals surface area contributed by atoms with Crippen molar-refractivity contribution in [3.05, 3.63) is 237 Å². The van der Waals surface area contributed by atoms with Crippen molar-refractivity contribution < 1.29 is 4.42 Å². The molecule has 2 nitrogen and oxygen atoms in total. The molecule has 62 heavy (non-hydrogen) atoms. The molecule has 0 aliphatic carbocycles. The minimum absolute atomic E-state index is 0.849. The average Bonchev–Trinajstić information content (AvgIpc) is 3.75. The molecule has 0 saturated heterocycles. The van der Waals surface area contributed by atoms with E-state index in [1.54, 1.807) is 0 Å². The molecule has 12 rings (SSSR count). The Kier molecular flexibility index (Phi) is 8.53. The first-order valence-electron chi connectivity index (χ1n) is 21.3. The lowest BCUT2D eigenvalue weighted by molar-refractivity contribution is 0.670. The van der Waals surface area contributed by atoms with Crippen LogP contribution in [0.4, 0.5) is 17.1 Å². The van der Waals surface area contributed by atoms with Gasteiger partial charge < -0.3 is 9.32 Å². The number of hydrogen-bond acceptors (Lipinski definition) is 2. The molecule has 2 heteroatoms. The highest BCUT2D eigenvalue weighted by molar-refractivity contribution is 6.24. The molecule has 0 spiro atoms. The Hall–Kier alpha value is -8.20. The number of furan rings is 1. The molecule has 0 radical (unpaired) electrons. The Labute approximate surface area is 360 Å². The van der Waals surface area contributed by atoms with Gasteiger partial charge in [0.1, 0.15) is 5.58 Å². The second-order valence-electron chi connectivity index (χ2n) is 16.0. The summed E-state index contributed by atoms with van der Waals surface area (Å²) in [6.07, 6.45) is 0. The molecule has 0 saturated carbocycles. The van der Waals surface area contributed by atoms with Gasteiger partial charge in [-0.15, -0.1) is 0 Å². The Morgan fingerprint density at radius 3 is 1.48 bits per heavy atom. The normalized spacial score (nSPS) is 11.5. The van der Waals surface area contributed by atoms with E-state index in [9.17, 15) is 0 Å². The molecule has 0 fully saturated rings. The third-order valence-electron chi connectivity index (χ3n) is 12.5. The minimum Gasteiger partial charge on any atom is -0.453 e. The third kappa shape index (κ3) is 5.96. The number of fused-ring (bicyclic) bond motifs is 7. The van der Waals surface area contributed by atoms with Gasteiger partial charge in [0.25, 0.3) is 0 Å². The quantitative estimate of drug-likeness (QED) is 0.160. The molecular formula is C60H39NO. The molecule has 0 N–H and O–H groups in total. The predicted molar refractivity (Wildman–Crippen MR) is 263 cm³/mol. The van der Waals surface area contributed by atoms with Crippen molar-refractivity contribution in [3.8, 4) is 44.5 Å². The highest BCUT2D eigenvalue weighted by Gasteiger charge is 2.23. The summed E-state index contributed by atoms with van der Waals surface area (Å²) in [5.41, 5.74) is 14.2. The summed E-state index contributed by atoms with van der Waals surface area (Å²) in [5.74, 6) is 0. The molecule has 11 aromatic carbocycles. The van der Waals surface area contributed by atoms with Gasteiger partial charge in [-0.2, -0.15) is 0 Å². The van der Waals surface area contributed by atoms with E-state index in [0.717, 1.165) is 55.7 Å². The smallest absolute Gasteiger partial charge is 0.159 e. The molecule has 0 bridgehead atoms. The molecule has 0 amide bonds. The van der Waals surface area contributed by atoms with Crippen LogP contribution in [-0.4, -0.2) is 0 Å². The number of rotatable bonds is 7. The van der Waals surface area contributed by atoms with Crippen molar-refractivity contribution in [2.45, 2.75) is 0 Å². The molecule has 0 unspecified atom stereocenters. The largest absolute Gasteiger partial charge is 0.453 e. The maximum Gasteiger partial charge on any atom is 0.159 e. The molecular weight excluding hydrogens is 751 g/mol. The highest BCUT2D eigenvalue weighted by atomic mass is 16.3. The van der Waals surface area contributed by atoms with Crippen LogP contribution in [0.25, 0.3) is 98.8 Å². The van der Waals surface area contributed by atoms with Crippen molar-refractivity contribution in [1.82, 2.24) is 0 Å². The van der Waals surface area contributed by atoms with Crippen molar-refractivity contribution in [2.24, 2.45) is 0 Å². The zero-order valence-electron chi connectivity index (χ0n) is 33.9. The van der Waals surface area contributed by atoms with Crippen LogP contribution in [0, 0.1) is 0 Å². The van der Waals surface area contributed by atoms with Crippen LogP contribution in [0.1, 0.15) is 0 Å². The zero-order valence-corrected chi connectivity index (χ0v) is 33.9. The van der Waals surface area contributed by atoms with Gasteiger partial charge in [0.05, 0.1) is 5.69 Å². The number of hydrogen-bond donors (Lipinski definition) is 0. The number of benzene rings is 11. The van der Waals surface area contributed by atoms with Crippen LogP contribution in [0.5, 0.6) is 0 Å². The molecule has 12 aromatic rings. The summed E-state index contributed by atoms with van der Waals surface area (Å²) in [6, 6.07) is 85.2. The van der Waals surface area contributed by atoms with Gasteiger partial charge in [-0.1, -0.05) is 200 Å². The van der Waals surface area contributed by atoms with Gasteiger partial charge in [0.2, 0.25) is 0 Å². The van der Waals surface area contributed by atoms with Crippen LogP contribution in [0.15, 0.2) is 241 Å². The van der Waals surface area contributed by atoms with Gasteiger partial charge in [0, 0.05) is 27.7 Å². The van der Waals surface area contributed by atoms with Gasteiger partial charge in [-0.05, 0) is 108 Å². The Morgan fingerprint density at radius 2 is 0.758 bits per heavy atom. The molecule has 0 aliphatic heterocycles. The fraction of sp³-hybridized carbons (Fsp3) is 0. The number of nitrogens with zero attached hydrogens (tertiary/aromatic N) is 1. The topological polar surface area (TPSA) is 16.4 Å². The molecule has 0 aliphatic rings. The Bertz CT molecular complexity index is 3600. The summed E-state index contributed by atoms with van der Waals surface area (Å²) in [7, 11) is 0.